The van der Waals surface area contributed by atoms with Crippen LogP contribution in [0.25, 0.3) is 0 Å². The van der Waals surface area contributed by atoms with Crippen LogP contribution in [0.3, 0.4) is 0 Å². The molecule has 6 N–H and O–H groups in total. The third-order valence-electron chi connectivity index (χ3n) is 12.7. The summed E-state index contributed by atoms with van der Waals surface area (Å²) in [6.45, 7) is 6.61. The first-order valence-electron chi connectivity index (χ1n) is 19.6. The molecule has 10 atom stereocenters. The Hall–Kier alpha value is -4.79. The number of carbonyl (C=O) groups excluding carboxylic acids is 3. The van der Waals surface area contributed by atoms with Crippen molar-refractivity contribution in [2.45, 2.75) is 99.8 Å². The molecule has 7 rings (SSSR count). The van der Waals surface area contributed by atoms with Crippen molar-refractivity contribution in [3.05, 3.63) is 88.0 Å². The number of non-ortho nitro benzene ring substituents is 1. The standard InChI is InChI=1S/C41H50N4O13Si/c1-22-37(59(3,4)28-14-12-27(56-2)13-15-28)31(19-32(47)43-17-5-6-26(43)21-46)58-41(22)29-18-25(45(54)55)11-16-30(29)44(40(41)53)20-23-7-9-24(10-8-23)42-38(51)36-34(49)33(48)35(50)39(52)57-36/h7-16,18,22,26,31,33-37,39,46,48-50,52H,5-6,17,19-21H2,1-4H3,(H,42,51)/t22-,26+,31+,33+,34+,35-,36+,37-,39-,41+/m1/s1. The first-order chi connectivity index (χ1) is 28.0. The van der Waals surface area contributed by atoms with Gasteiger partial charge in [-0.15, -0.1) is 0 Å². The molecule has 3 amide bonds. The number of nitro benzene ring substituents is 1. The van der Waals surface area contributed by atoms with Crippen LogP contribution < -0.4 is 20.1 Å². The smallest absolute Gasteiger partial charge is 0.269 e. The number of ether oxygens (including phenoxy) is 3. The van der Waals surface area contributed by atoms with Crippen LogP contribution in [0.4, 0.5) is 17.1 Å². The average Bonchev–Trinajstić information content (AvgIpc) is 3.89. The number of amides is 3. The molecule has 4 heterocycles. The fourth-order valence-corrected chi connectivity index (χ4v) is 13.6. The van der Waals surface area contributed by atoms with Crippen LogP contribution in [-0.2, 0) is 36.0 Å². The lowest BCUT2D eigenvalue weighted by Crippen LogP contribution is -2.60. The van der Waals surface area contributed by atoms with Crippen molar-refractivity contribution in [3.63, 3.8) is 0 Å². The Labute approximate surface area is 341 Å². The van der Waals surface area contributed by atoms with Crippen LogP contribution in [0.2, 0.25) is 18.6 Å². The van der Waals surface area contributed by atoms with E-state index in [1.165, 1.54) is 23.1 Å². The Morgan fingerprint density at radius 3 is 2.36 bits per heavy atom. The molecule has 0 radical (unpaired) electrons. The van der Waals surface area contributed by atoms with Crippen molar-refractivity contribution in [3.8, 4) is 5.75 Å². The maximum Gasteiger partial charge on any atom is 0.269 e. The van der Waals surface area contributed by atoms with E-state index < -0.39 is 73.1 Å². The van der Waals surface area contributed by atoms with Crippen molar-refractivity contribution in [1.29, 1.82) is 0 Å². The highest BCUT2D eigenvalue weighted by atomic mass is 28.3. The minimum atomic E-state index is -2.67. The second kappa shape index (κ2) is 16.3. The van der Waals surface area contributed by atoms with Gasteiger partial charge in [0.05, 0.1) is 57.5 Å². The highest BCUT2D eigenvalue weighted by molar-refractivity contribution is 6.91. The summed E-state index contributed by atoms with van der Waals surface area (Å²) in [4.78, 5) is 57.1. The Morgan fingerprint density at radius 2 is 1.71 bits per heavy atom. The molecule has 59 heavy (non-hydrogen) atoms. The van der Waals surface area contributed by atoms with E-state index in [1.54, 1.807) is 36.3 Å². The lowest BCUT2D eigenvalue weighted by molar-refractivity contribution is -0.385. The number of anilines is 2. The van der Waals surface area contributed by atoms with Gasteiger partial charge >= 0.3 is 0 Å². The highest BCUT2D eigenvalue weighted by Gasteiger charge is 2.67. The molecule has 18 heteroatoms. The molecule has 0 unspecified atom stereocenters. The molecule has 3 saturated heterocycles. The van der Waals surface area contributed by atoms with Gasteiger partial charge in [-0.2, -0.15) is 0 Å². The van der Waals surface area contributed by atoms with Gasteiger partial charge in [0.2, 0.25) is 5.91 Å². The monoisotopic (exact) mass is 834 g/mol. The van der Waals surface area contributed by atoms with Gasteiger partial charge in [0.15, 0.2) is 18.0 Å². The molecule has 0 aliphatic carbocycles. The summed E-state index contributed by atoms with van der Waals surface area (Å²) in [5.74, 6) is -1.38. The van der Waals surface area contributed by atoms with Gasteiger partial charge in [-0.3, -0.25) is 24.5 Å². The molecular weight excluding hydrogens is 785 g/mol. The van der Waals surface area contributed by atoms with Crippen LogP contribution in [0.5, 0.6) is 5.75 Å². The van der Waals surface area contributed by atoms with E-state index in [2.05, 4.69) is 18.4 Å². The zero-order valence-electron chi connectivity index (χ0n) is 33.1. The van der Waals surface area contributed by atoms with E-state index in [-0.39, 0.29) is 48.4 Å². The number of methoxy groups -OCH3 is 1. The van der Waals surface area contributed by atoms with Gasteiger partial charge in [0.1, 0.15) is 24.1 Å². The quantitative estimate of drug-likeness (QED) is 0.0913. The van der Waals surface area contributed by atoms with Crippen molar-refractivity contribution in [2.75, 3.05) is 30.5 Å². The number of fused-ring (bicyclic) bond motifs is 2. The Kier molecular flexibility index (Phi) is 11.7. The molecule has 4 aliphatic heterocycles. The molecular formula is C41H50N4O13Si. The number of benzene rings is 3. The summed E-state index contributed by atoms with van der Waals surface area (Å²) in [6.07, 6.45) is -8.37. The lowest BCUT2D eigenvalue weighted by atomic mass is 9.82. The molecule has 1 spiro atoms. The number of nitrogens with one attached hydrogen (secondary N) is 1. The first kappa shape index (κ1) is 42.3. The Balaban J connectivity index is 1.22. The molecule has 17 nitrogen and oxygen atoms in total. The number of aliphatic hydroxyl groups is 5. The topological polar surface area (TPSA) is 242 Å². The van der Waals surface area contributed by atoms with Gasteiger partial charge in [-0.25, -0.2) is 0 Å². The molecule has 0 saturated carbocycles. The summed E-state index contributed by atoms with van der Waals surface area (Å²) in [5, 5.41) is 65.8. The second-order valence-electron chi connectivity index (χ2n) is 16.4. The Bertz CT molecular complexity index is 2090. The van der Waals surface area contributed by atoms with E-state index in [0.717, 1.165) is 11.6 Å². The molecule has 3 aromatic carbocycles. The SMILES string of the molecule is COc1ccc([Si](C)(C)[C@H]2[C@H](CC(=O)N3CCC[C@H]3CO)O[C@@]3(C(=O)N(Cc4ccc(NC(=O)[C@H]5O[C@@H](O)[C@H](O)[C@@H](O)[C@@H]5O)cc4)c4ccc([N+](=O)[O-])cc43)[C@@H]2C)cc1. The van der Waals surface area contributed by atoms with Crippen molar-refractivity contribution in [2.24, 2.45) is 5.92 Å². The minimum Gasteiger partial charge on any atom is -0.497 e. The average molecular weight is 835 g/mol. The second-order valence-corrected chi connectivity index (χ2v) is 21.1. The third kappa shape index (κ3) is 7.41. The van der Waals surface area contributed by atoms with Crippen LogP contribution in [0.1, 0.15) is 37.3 Å². The summed E-state index contributed by atoms with van der Waals surface area (Å²) in [6, 6.07) is 18.1. The molecule has 3 aromatic rings. The molecule has 316 valence electrons. The normalized spacial score (nSPS) is 30.5. The maximum absolute atomic E-state index is 15.2. The summed E-state index contributed by atoms with van der Waals surface area (Å²) in [7, 11) is -1.08. The predicted molar refractivity (Wildman–Crippen MR) is 214 cm³/mol. The van der Waals surface area contributed by atoms with Gasteiger partial charge in [0, 0.05) is 35.8 Å². The number of nitro groups is 1. The number of rotatable bonds is 11. The number of aliphatic hydroxyl groups excluding tert-OH is 5. The number of hydrogen-bond acceptors (Lipinski definition) is 13. The van der Waals surface area contributed by atoms with Crippen molar-refractivity contribution < 1.29 is 59.1 Å². The summed E-state index contributed by atoms with van der Waals surface area (Å²) in [5.41, 5.74) is -0.602. The molecule has 0 bridgehead atoms. The van der Waals surface area contributed by atoms with Crippen molar-refractivity contribution in [1.82, 2.24) is 4.90 Å². The zero-order valence-corrected chi connectivity index (χ0v) is 34.1. The Morgan fingerprint density at radius 1 is 1.02 bits per heavy atom. The number of hydrogen-bond donors (Lipinski definition) is 6. The summed E-state index contributed by atoms with van der Waals surface area (Å²) < 4.78 is 17.5. The number of carbonyl (C=O) groups is 3. The van der Waals surface area contributed by atoms with Crippen LogP contribution in [0.15, 0.2) is 66.7 Å². The van der Waals surface area contributed by atoms with E-state index in [9.17, 15) is 45.2 Å². The summed E-state index contributed by atoms with van der Waals surface area (Å²) >= 11 is 0. The molecule has 4 aliphatic rings. The maximum atomic E-state index is 15.2. The highest BCUT2D eigenvalue weighted by Crippen LogP contribution is 2.60. The fourth-order valence-electron chi connectivity index (χ4n) is 9.58. The first-order valence-corrected chi connectivity index (χ1v) is 22.7. The van der Waals surface area contributed by atoms with Gasteiger partial charge < -0.3 is 54.9 Å². The van der Waals surface area contributed by atoms with E-state index >= 15 is 4.79 Å². The largest absolute Gasteiger partial charge is 0.497 e. The fraction of sp³-hybridized carbons (Fsp3) is 0.488. The minimum absolute atomic E-state index is 0.00987. The van der Waals surface area contributed by atoms with Crippen molar-refractivity contribution >= 4 is 48.0 Å². The molecule has 0 aromatic heterocycles. The predicted octanol–water partition coefficient (Wildman–Crippen LogP) is 1.48. The van der Waals surface area contributed by atoms with E-state index in [4.69, 9.17) is 14.2 Å². The zero-order chi connectivity index (χ0) is 42.6. The van der Waals surface area contributed by atoms with E-state index in [0.29, 0.717) is 35.5 Å². The van der Waals surface area contributed by atoms with Gasteiger partial charge in [-0.1, -0.05) is 49.5 Å². The van der Waals surface area contributed by atoms with Gasteiger partial charge in [0.25, 0.3) is 17.5 Å². The van der Waals surface area contributed by atoms with E-state index in [1.807, 2.05) is 31.2 Å². The lowest BCUT2D eigenvalue weighted by Gasteiger charge is -2.37. The van der Waals surface area contributed by atoms with Crippen LogP contribution in [0, 0.1) is 16.0 Å². The number of nitrogens with zero attached hydrogens (tertiary/aromatic N) is 3. The van der Waals surface area contributed by atoms with Gasteiger partial charge in [-0.05, 0) is 54.3 Å². The van der Waals surface area contributed by atoms with Crippen LogP contribution in [-0.4, -0.2) is 124 Å². The third-order valence-corrected chi connectivity index (χ3v) is 17.1. The molecule has 3 fully saturated rings. The number of likely N-dealkylation sites (tertiary alicyclic amines) is 1. The van der Waals surface area contributed by atoms with Crippen LogP contribution >= 0.6 is 0 Å².